The van der Waals surface area contributed by atoms with Crippen LogP contribution in [0, 0.1) is 6.92 Å². The van der Waals surface area contributed by atoms with Crippen molar-refractivity contribution < 1.29 is 18.9 Å². The fourth-order valence-corrected chi connectivity index (χ4v) is 2.17. The molecule has 0 aliphatic rings. The summed E-state index contributed by atoms with van der Waals surface area (Å²) in [5, 5.41) is 6.51. The minimum Gasteiger partial charge on any atom is -0.360 e. The van der Waals surface area contributed by atoms with Crippen LogP contribution < -0.4 is 10.2 Å². The molecule has 0 radical (unpaired) electrons. The number of amides is 2. The molecule has 2 amide bonds. The molecule has 7 nitrogen and oxygen atoms in total. The molecular weight excluding hydrogens is 310 g/mol. The summed E-state index contributed by atoms with van der Waals surface area (Å²) in [5.74, 6) is 0.403. The van der Waals surface area contributed by atoms with E-state index in [2.05, 4.69) is 10.5 Å². The van der Waals surface area contributed by atoms with Crippen LogP contribution >= 0.6 is 0 Å². The standard InChI is InChI=1S/C17H19N3O4/c1-11-9-16(19-24-11)20(13(3)22)8-7-17(23)18-15-6-4-5-14(10-15)12(2)21/h4-6,9-10H,7-8H2,1-3H3,(H,18,23). The molecule has 2 rings (SSSR count). The van der Waals surface area contributed by atoms with Crippen LogP contribution in [0.4, 0.5) is 11.5 Å². The Kier molecular flexibility index (Phi) is 5.47. The lowest BCUT2D eigenvalue weighted by molar-refractivity contribution is -0.117. The number of aryl methyl sites for hydroxylation is 1. The minimum atomic E-state index is -0.262. The van der Waals surface area contributed by atoms with E-state index in [1.54, 1.807) is 37.3 Å². The van der Waals surface area contributed by atoms with Crippen molar-refractivity contribution in [3.63, 3.8) is 0 Å². The Morgan fingerprint density at radius 2 is 1.96 bits per heavy atom. The van der Waals surface area contributed by atoms with E-state index in [9.17, 15) is 14.4 Å². The van der Waals surface area contributed by atoms with Crippen molar-refractivity contribution in [3.8, 4) is 0 Å². The second kappa shape index (κ2) is 7.54. The largest absolute Gasteiger partial charge is 0.360 e. The van der Waals surface area contributed by atoms with Crippen LogP contribution in [-0.2, 0) is 9.59 Å². The number of benzene rings is 1. The molecule has 0 unspecified atom stereocenters. The lowest BCUT2D eigenvalue weighted by Crippen LogP contribution is -2.32. The van der Waals surface area contributed by atoms with Crippen LogP contribution in [0.15, 0.2) is 34.9 Å². The maximum Gasteiger partial charge on any atom is 0.226 e. The van der Waals surface area contributed by atoms with Gasteiger partial charge in [-0.05, 0) is 26.0 Å². The van der Waals surface area contributed by atoms with Crippen LogP contribution in [0.5, 0.6) is 0 Å². The zero-order valence-electron chi connectivity index (χ0n) is 13.8. The fraction of sp³-hybridized carbons (Fsp3) is 0.294. The lowest BCUT2D eigenvalue weighted by atomic mass is 10.1. The Morgan fingerprint density at radius 3 is 2.54 bits per heavy atom. The van der Waals surface area contributed by atoms with Gasteiger partial charge in [-0.25, -0.2) is 0 Å². The highest BCUT2D eigenvalue weighted by Gasteiger charge is 2.17. The first-order valence-corrected chi connectivity index (χ1v) is 7.49. The summed E-state index contributed by atoms with van der Waals surface area (Å²) < 4.78 is 4.96. The fourth-order valence-electron chi connectivity index (χ4n) is 2.17. The van der Waals surface area contributed by atoms with E-state index in [-0.39, 0.29) is 30.6 Å². The van der Waals surface area contributed by atoms with Gasteiger partial charge in [0.1, 0.15) is 5.76 Å². The van der Waals surface area contributed by atoms with Gasteiger partial charge in [-0.15, -0.1) is 0 Å². The third-order valence-electron chi connectivity index (χ3n) is 3.39. The third kappa shape index (κ3) is 4.52. The maximum absolute atomic E-state index is 12.1. The number of anilines is 2. The highest BCUT2D eigenvalue weighted by molar-refractivity contribution is 5.97. The van der Waals surface area contributed by atoms with Crippen LogP contribution in [0.25, 0.3) is 0 Å². The summed E-state index contributed by atoms with van der Waals surface area (Å²) >= 11 is 0. The number of Topliss-reactive ketones (excluding diaryl/α,β-unsaturated/α-hetero) is 1. The smallest absolute Gasteiger partial charge is 0.226 e. The molecule has 1 aromatic heterocycles. The number of carbonyl (C=O) groups excluding carboxylic acids is 3. The maximum atomic E-state index is 12.1. The lowest BCUT2D eigenvalue weighted by Gasteiger charge is -2.17. The number of aromatic nitrogens is 1. The minimum absolute atomic E-state index is 0.0738. The molecule has 0 saturated heterocycles. The number of rotatable bonds is 6. The number of hydrogen-bond donors (Lipinski definition) is 1. The van der Waals surface area contributed by atoms with Crippen LogP contribution in [0.3, 0.4) is 0 Å². The van der Waals surface area contributed by atoms with Gasteiger partial charge in [0.25, 0.3) is 0 Å². The summed E-state index contributed by atoms with van der Waals surface area (Å²) in [4.78, 5) is 36.5. The number of ketones is 1. The molecule has 0 aliphatic carbocycles. The first-order valence-electron chi connectivity index (χ1n) is 7.49. The van der Waals surface area contributed by atoms with Gasteiger partial charge in [-0.1, -0.05) is 17.3 Å². The molecule has 1 N–H and O–H groups in total. The SMILES string of the molecule is CC(=O)c1cccc(NC(=O)CCN(C(C)=O)c2cc(C)on2)c1. The second-order valence-electron chi connectivity index (χ2n) is 5.40. The van der Waals surface area contributed by atoms with Gasteiger partial charge in [0.05, 0.1) is 0 Å². The molecule has 126 valence electrons. The number of hydrogen-bond acceptors (Lipinski definition) is 5. The summed E-state index contributed by atoms with van der Waals surface area (Å²) in [7, 11) is 0. The molecule has 24 heavy (non-hydrogen) atoms. The van der Waals surface area contributed by atoms with Crippen molar-refractivity contribution in [1.82, 2.24) is 5.16 Å². The first-order chi connectivity index (χ1) is 11.4. The normalized spacial score (nSPS) is 10.3. The monoisotopic (exact) mass is 329 g/mol. The van der Waals surface area contributed by atoms with Crippen molar-refractivity contribution in [1.29, 1.82) is 0 Å². The van der Waals surface area contributed by atoms with Crippen molar-refractivity contribution in [2.45, 2.75) is 27.2 Å². The Morgan fingerprint density at radius 1 is 1.21 bits per heavy atom. The molecule has 2 aromatic rings. The summed E-state index contributed by atoms with van der Waals surface area (Å²) in [6, 6.07) is 8.34. The average molecular weight is 329 g/mol. The van der Waals surface area contributed by atoms with E-state index in [0.717, 1.165) is 0 Å². The Hall–Kier alpha value is -2.96. The summed E-state index contributed by atoms with van der Waals surface area (Å²) in [6.45, 7) is 4.77. The second-order valence-corrected chi connectivity index (χ2v) is 5.40. The van der Waals surface area contributed by atoms with E-state index in [1.807, 2.05) is 0 Å². The predicted molar refractivity (Wildman–Crippen MR) is 89.0 cm³/mol. The molecule has 0 saturated carbocycles. The van der Waals surface area contributed by atoms with Crippen LogP contribution in [-0.4, -0.2) is 29.3 Å². The Bertz CT molecular complexity index is 767. The van der Waals surface area contributed by atoms with Gasteiger partial charge < -0.3 is 9.84 Å². The van der Waals surface area contributed by atoms with E-state index in [4.69, 9.17) is 4.52 Å². The number of carbonyl (C=O) groups is 3. The van der Waals surface area contributed by atoms with Gasteiger partial charge in [0, 0.05) is 37.2 Å². The van der Waals surface area contributed by atoms with Crippen LogP contribution in [0.2, 0.25) is 0 Å². The summed E-state index contributed by atoms with van der Waals surface area (Å²) in [6.07, 6.45) is 0.0930. The van der Waals surface area contributed by atoms with E-state index >= 15 is 0 Å². The zero-order valence-corrected chi connectivity index (χ0v) is 13.8. The van der Waals surface area contributed by atoms with E-state index < -0.39 is 0 Å². The van der Waals surface area contributed by atoms with Gasteiger partial charge in [-0.2, -0.15) is 0 Å². The van der Waals surface area contributed by atoms with Gasteiger partial charge >= 0.3 is 0 Å². The molecule has 1 aromatic carbocycles. The molecule has 0 atom stereocenters. The van der Waals surface area contributed by atoms with Gasteiger partial charge in [-0.3, -0.25) is 19.3 Å². The van der Waals surface area contributed by atoms with E-state index in [0.29, 0.717) is 22.8 Å². The molecule has 1 heterocycles. The molecule has 7 heteroatoms. The topological polar surface area (TPSA) is 92.5 Å². The Balaban J connectivity index is 1.97. The molecule has 0 aliphatic heterocycles. The summed E-state index contributed by atoms with van der Waals surface area (Å²) in [5.41, 5.74) is 1.07. The zero-order chi connectivity index (χ0) is 17.7. The van der Waals surface area contributed by atoms with Crippen molar-refractivity contribution in [3.05, 3.63) is 41.7 Å². The molecular formula is C17H19N3O4. The third-order valence-corrected chi connectivity index (χ3v) is 3.39. The first kappa shape index (κ1) is 17.4. The van der Waals surface area contributed by atoms with Gasteiger partial charge in [0.2, 0.25) is 11.8 Å². The Labute approximate surface area is 139 Å². The highest BCUT2D eigenvalue weighted by atomic mass is 16.5. The van der Waals surface area contributed by atoms with Gasteiger partial charge in [0.15, 0.2) is 11.6 Å². The highest BCUT2D eigenvalue weighted by Crippen LogP contribution is 2.15. The molecule has 0 bridgehead atoms. The average Bonchev–Trinajstić information content (AvgIpc) is 2.93. The van der Waals surface area contributed by atoms with Crippen LogP contribution in [0.1, 0.15) is 36.4 Å². The molecule has 0 fully saturated rings. The van der Waals surface area contributed by atoms with Crippen molar-refractivity contribution in [2.24, 2.45) is 0 Å². The van der Waals surface area contributed by atoms with Crippen molar-refractivity contribution in [2.75, 3.05) is 16.8 Å². The quantitative estimate of drug-likeness (QED) is 0.822. The number of nitrogens with zero attached hydrogens (tertiary/aromatic N) is 2. The van der Waals surface area contributed by atoms with E-state index in [1.165, 1.54) is 18.7 Å². The number of nitrogens with one attached hydrogen (secondary N) is 1. The van der Waals surface area contributed by atoms with Crippen molar-refractivity contribution >= 4 is 29.1 Å². The predicted octanol–water partition coefficient (Wildman–Crippen LogP) is 2.57. The molecule has 0 spiro atoms.